The van der Waals surface area contributed by atoms with Crippen LogP contribution in [0.2, 0.25) is 0 Å². The van der Waals surface area contributed by atoms with Crippen molar-refractivity contribution < 1.29 is 17.9 Å². The van der Waals surface area contributed by atoms with Crippen LogP contribution in [-0.2, 0) is 4.74 Å². The third-order valence-electron chi connectivity index (χ3n) is 2.44. The monoisotopic (exact) mass is 183 g/mol. The molecule has 2 nitrogen and oxygen atoms in total. The Hall–Kier alpha value is -0.290. The van der Waals surface area contributed by atoms with Crippen LogP contribution in [0.15, 0.2) is 0 Å². The highest BCUT2D eigenvalue weighted by Crippen LogP contribution is 2.44. The van der Waals surface area contributed by atoms with E-state index in [1.807, 2.05) is 0 Å². The molecule has 0 aromatic heterocycles. The van der Waals surface area contributed by atoms with Crippen LogP contribution in [0.1, 0.15) is 12.8 Å². The summed E-state index contributed by atoms with van der Waals surface area (Å²) in [5.74, 6) is 0. The van der Waals surface area contributed by atoms with Gasteiger partial charge in [-0.05, 0) is 12.8 Å². The zero-order valence-electron chi connectivity index (χ0n) is 6.66. The molecule has 0 atom stereocenters. The van der Waals surface area contributed by atoms with E-state index in [0.29, 0.717) is 0 Å². The van der Waals surface area contributed by atoms with Crippen molar-refractivity contribution in [2.75, 3.05) is 19.8 Å². The normalized spacial score (nSPS) is 24.0. The quantitative estimate of drug-likeness (QED) is 0.665. The molecule has 0 radical (unpaired) electrons. The Morgan fingerprint density at radius 1 is 1.25 bits per heavy atom. The van der Waals surface area contributed by atoms with Gasteiger partial charge in [-0.1, -0.05) is 0 Å². The smallest absolute Gasteiger partial charge is 0.381 e. The molecular weight excluding hydrogens is 171 g/mol. The van der Waals surface area contributed by atoms with Crippen molar-refractivity contribution in [3.05, 3.63) is 0 Å². The lowest BCUT2D eigenvalue weighted by atomic mass is 9.79. The zero-order valence-corrected chi connectivity index (χ0v) is 6.66. The van der Waals surface area contributed by atoms with Gasteiger partial charge >= 0.3 is 6.18 Å². The van der Waals surface area contributed by atoms with Crippen LogP contribution < -0.4 is 5.73 Å². The van der Waals surface area contributed by atoms with Crippen LogP contribution >= 0.6 is 0 Å². The van der Waals surface area contributed by atoms with E-state index in [2.05, 4.69) is 0 Å². The molecule has 12 heavy (non-hydrogen) atoms. The van der Waals surface area contributed by atoms with E-state index in [9.17, 15) is 13.2 Å². The topological polar surface area (TPSA) is 35.2 Å². The zero-order chi connectivity index (χ0) is 9.24. The fourth-order valence-electron chi connectivity index (χ4n) is 1.37. The highest BCUT2D eigenvalue weighted by molar-refractivity contribution is 4.89. The molecule has 0 aromatic rings. The predicted molar refractivity (Wildman–Crippen MR) is 37.6 cm³/mol. The van der Waals surface area contributed by atoms with Crippen molar-refractivity contribution in [1.82, 2.24) is 0 Å². The first-order chi connectivity index (χ1) is 5.52. The average Bonchev–Trinajstić information content (AvgIpc) is 2.04. The molecule has 0 spiro atoms. The lowest BCUT2D eigenvalue weighted by Gasteiger charge is -2.37. The molecule has 1 rings (SSSR count). The van der Waals surface area contributed by atoms with Crippen LogP contribution in [-0.4, -0.2) is 25.9 Å². The van der Waals surface area contributed by atoms with Gasteiger partial charge in [0.15, 0.2) is 0 Å². The summed E-state index contributed by atoms with van der Waals surface area (Å²) in [7, 11) is 0. The highest BCUT2D eigenvalue weighted by atomic mass is 19.4. The molecule has 5 heteroatoms. The second kappa shape index (κ2) is 3.22. The Balaban J connectivity index is 2.73. The molecule has 0 saturated carbocycles. The van der Waals surface area contributed by atoms with Gasteiger partial charge in [-0.25, -0.2) is 0 Å². The summed E-state index contributed by atoms with van der Waals surface area (Å²) in [6.45, 7) is -0.00667. The van der Waals surface area contributed by atoms with Crippen LogP contribution in [0.4, 0.5) is 13.2 Å². The molecule has 2 N–H and O–H groups in total. The number of hydrogen-bond acceptors (Lipinski definition) is 2. The Morgan fingerprint density at radius 3 is 2.00 bits per heavy atom. The van der Waals surface area contributed by atoms with Crippen molar-refractivity contribution in [2.24, 2.45) is 11.1 Å². The van der Waals surface area contributed by atoms with E-state index < -0.39 is 11.6 Å². The summed E-state index contributed by atoms with van der Waals surface area (Å²) >= 11 is 0. The molecule has 0 bridgehead atoms. The van der Waals surface area contributed by atoms with Crippen molar-refractivity contribution in [3.8, 4) is 0 Å². The molecule has 1 aliphatic heterocycles. The van der Waals surface area contributed by atoms with Crippen molar-refractivity contribution >= 4 is 0 Å². The molecule has 1 saturated heterocycles. The average molecular weight is 183 g/mol. The Labute approximate surface area is 68.9 Å². The van der Waals surface area contributed by atoms with E-state index in [0.717, 1.165) is 0 Å². The molecule has 72 valence electrons. The fourth-order valence-corrected chi connectivity index (χ4v) is 1.37. The molecule has 0 aliphatic carbocycles. The SMILES string of the molecule is NCC1(C(F)(F)F)CCOCC1. The summed E-state index contributed by atoms with van der Waals surface area (Å²) in [4.78, 5) is 0. The molecule has 0 amide bonds. The summed E-state index contributed by atoms with van der Waals surface area (Å²) in [6.07, 6.45) is -4.20. The van der Waals surface area contributed by atoms with Crippen LogP contribution in [0.5, 0.6) is 0 Å². The van der Waals surface area contributed by atoms with Gasteiger partial charge in [0.2, 0.25) is 0 Å². The maximum absolute atomic E-state index is 12.5. The van der Waals surface area contributed by atoms with Crippen molar-refractivity contribution in [2.45, 2.75) is 19.0 Å². The van der Waals surface area contributed by atoms with Gasteiger partial charge in [0, 0.05) is 19.8 Å². The van der Waals surface area contributed by atoms with E-state index in [1.54, 1.807) is 0 Å². The molecule has 1 fully saturated rings. The lowest BCUT2D eigenvalue weighted by molar-refractivity contribution is -0.242. The maximum atomic E-state index is 12.5. The molecular formula is C7H12F3NO. The number of halogens is 3. The van der Waals surface area contributed by atoms with Crippen LogP contribution in [0, 0.1) is 5.41 Å². The standard InChI is InChI=1S/C7H12F3NO/c8-7(9,10)6(5-11)1-3-12-4-2-6/h1-5,11H2. The van der Waals surface area contributed by atoms with Gasteiger partial charge in [-0.2, -0.15) is 13.2 Å². The van der Waals surface area contributed by atoms with E-state index in [-0.39, 0.29) is 32.6 Å². The number of ether oxygens (including phenoxy) is 1. The lowest BCUT2D eigenvalue weighted by Crippen LogP contribution is -2.48. The van der Waals surface area contributed by atoms with Gasteiger partial charge < -0.3 is 10.5 Å². The first-order valence-electron chi connectivity index (χ1n) is 3.86. The summed E-state index contributed by atoms with van der Waals surface area (Å²) in [5.41, 5.74) is 3.46. The first kappa shape index (κ1) is 9.80. The van der Waals surface area contributed by atoms with E-state index in [4.69, 9.17) is 10.5 Å². The van der Waals surface area contributed by atoms with Crippen molar-refractivity contribution in [3.63, 3.8) is 0 Å². The number of alkyl halides is 3. The molecule has 0 unspecified atom stereocenters. The Kier molecular flexibility index (Phi) is 2.63. The van der Waals surface area contributed by atoms with E-state index >= 15 is 0 Å². The number of nitrogens with two attached hydrogens (primary N) is 1. The van der Waals surface area contributed by atoms with Crippen LogP contribution in [0.3, 0.4) is 0 Å². The van der Waals surface area contributed by atoms with Gasteiger partial charge in [0.05, 0.1) is 5.41 Å². The predicted octanol–water partition coefficient (Wildman–Crippen LogP) is 1.30. The minimum Gasteiger partial charge on any atom is -0.381 e. The first-order valence-corrected chi connectivity index (χ1v) is 3.86. The second-order valence-electron chi connectivity index (χ2n) is 3.09. The summed E-state index contributed by atoms with van der Waals surface area (Å²) in [6, 6.07) is 0. The molecule has 1 aliphatic rings. The largest absolute Gasteiger partial charge is 0.395 e. The Bertz CT molecular complexity index is 151. The molecule has 0 aromatic carbocycles. The summed E-state index contributed by atoms with van der Waals surface area (Å²) in [5, 5.41) is 0. The maximum Gasteiger partial charge on any atom is 0.395 e. The molecule has 1 heterocycles. The number of hydrogen-bond donors (Lipinski definition) is 1. The Morgan fingerprint density at radius 2 is 1.75 bits per heavy atom. The fraction of sp³-hybridized carbons (Fsp3) is 1.00. The third-order valence-corrected chi connectivity index (χ3v) is 2.44. The van der Waals surface area contributed by atoms with Gasteiger partial charge in [-0.15, -0.1) is 0 Å². The van der Waals surface area contributed by atoms with E-state index in [1.165, 1.54) is 0 Å². The van der Waals surface area contributed by atoms with Gasteiger partial charge in [-0.3, -0.25) is 0 Å². The minimum atomic E-state index is -4.19. The van der Waals surface area contributed by atoms with Crippen LogP contribution in [0.25, 0.3) is 0 Å². The van der Waals surface area contributed by atoms with Crippen molar-refractivity contribution in [1.29, 1.82) is 0 Å². The van der Waals surface area contributed by atoms with Gasteiger partial charge in [0.25, 0.3) is 0 Å². The minimum absolute atomic E-state index is 0.00694. The number of rotatable bonds is 1. The highest BCUT2D eigenvalue weighted by Gasteiger charge is 2.53. The summed E-state index contributed by atoms with van der Waals surface area (Å²) < 4.78 is 42.2. The van der Waals surface area contributed by atoms with Gasteiger partial charge in [0.1, 0.15) is 0 Å². The second-order valence-corrected chi connectivity index (χ2v) is 3.09. The third kappa shape index (κ3) is 1.56.